The zero-order valence-corrected chi connectivity index (χ0v) is 14.9. The lowest BCUT2D eigenvalue weighted by Gasteiger charge is -2.10. The number of nitrogens with one attached hydrogen (secondary N) is 2. The first-order valence-corrected chi connectivity index (χ1v) is 8.77. The van der Waals surface area contributed by atoms with Gasteiger partial charge in [0, 0.05) is 26.5 Å². The largest absolute Gasteiger partial charge is 0.362 e. The molecule has 0 aromatic heterocycles. The molecule has 2 N–H and O–H groups in total. The molecule has 0 saturated carbocycles. The average molecular weight is 381 g/mol. The summed E-state index contributed by atoms with van der Waals surface area (Å²) in [6.45, 7) is 3.01. The Labute approximate surface area is 143 Å². The summed E-state index contributed by atoms with van der Waals surface area (Å²) in [5.74, 6) is 0. The Morgan fingerprint density at radius 2 is 1.62 bits per heavy atom. The molecule has 0 spiro atoms. The highest BCUT2D eigenvalue weighted by molar-refractivity contribution is 9.10. The molecular formula is C16H17BrN2S2. The lowest BCUT2D eigenvalue weighted by atomic mass is 10.3. The van der Waals surface area contributed by atoms with Gasteiger partial charge in [-0.3, -0.25) is 0 Å². The van der Waals surface area contributed by atoms with Crippen LogP contribution in [0.25, 0.3) is 0 Å². The molecule has 2 nitrogen and oxygen atoms in total. The Morgan fingerprint density at radius 3 is 2.19 bits per heavy atom. The van der Waals surface area contributed by atoms with Crippen molar-refractivity contribution in [2.45, 2.75) is 23.1 Å². The van der Waals surface area contributed by atoms with Crippen molar-refractivity contribution in [2.24, 2.45) is 0 Å². The molecule has 0 aliphatic carbocycles. The lowest BCUT2D eigenvalue weighted by Crippen LogP contribution is -2.28. The van der Waals surface area contributed by atoms with Crippen LogP contribution in [0.15, 0.2) is 62.8 Å². The van der Waals surface area contributed by atoms with Gasteiger partial charge in [0.1, 0.15) is 0 Å². The van der Waals surface area contributed by atoms with Crippen LogP contribution in [0.3, 0.4) is 0 Å². The maximum absolute atomic E-state index is 5.22. The molecule has 21 heavy (non-hydrogen) atoms. The van der Waals surface area contributed by atoms with E-state index in [-0.39, 0.29) is 0 Å². The number of anilines is 1. The number of halogens is 1. The Kier molecular flexibility index (Phi) is 6.54. The second-order valence-electron chi connectivity index (χ2n) is 4.46. The van der Waals surface area contributed by atoms with Crippen molar-refractivity contribution in [3.05, 3.63) is 53.0 Å². The standard InChI is InChI=1S/C16H17BrN2S2/c1-2-11-18-16(20)19-13-5-9-15(10-6-13)21-14-7-3-12(17)4-8-14/h3-10H,2,11H2,1H3,(H2,18,19,20). The first-order chi connectivity index (χ1) is 10.2. The minimum absolute atomic E-state index is 0.671. The van der Waals surface area contributed by atoms with Crippen molar-refractivity contribution in [3.63, 3.8) is 0 Å². The van der Waals surface area contributed by atoms with Gasteiger partial charge in [-0.15, -0.1) is 0 Å². The summed E-state index contributed by atoms with van der Waals surface area (Å²) in [5, 5.41) is 7.00. The molecule has 2 aromatic rings. The lowest BCUT2D eigenvalue weighted by molar-refractivity contribution is 0.846. The number of thiocarbonyl (C=S) groups is 1. The number of hydrogen-bond acceptors (Lipinski definition) is 2. The van der Waals surface area contributed by atoms with Crippen LogP contribution in [0.2, 0.25) is 0 Å². The highest BCUT2D eigenvalue weighted by atomic mass is 79.9. The monoisotopic (exact) mass is 380 g/mol. The van der Waals surface area contributed by atoms with E-state index in [9.17, 15) is 0 Å². The van der Waals surface area contributed by atoms with E-state index in [4.69, 9.17) is 12.2 Å². The summed E-state index contributed by atoms with van der Waals surface area (Å²) in [7, 11) is 0. The van der Waals surface area contributed by atoms with Gasteiger partial charge in [0.15, 0.2) is 5.11 Å². The Hall–Kier alpha value is -1.04. The first kappa shape index (κ1) is 16.3. The van der Waals surface area contributed by atoms with Gasteiger partial charge in [0.25, 0.3) is 0 Å². The summed E-state index contributed by atoms with van der Waals surface area (Å²) >= 11 is 10.4. The number of benzene rings is 2. The second kappa shape index (κ2) is 8.41. The van der Waals surface area contributed by atoms with Crippen molar-refractivity contribution in [2.75, 3.05) is 11.9 Å². The Balaban J connectivity index is 1.92. The van der Waals surface area contributed by atoms with E-state index in [0.29, 0.717) is 5.11 Å². The summed E-state index contributed by atoms with van der Waals surface area (Å²) in [6, 6.07) is 16.6. The summed E-state index contributed by atoms with van der Waals surface area (Å²) in [6.07, 6.45) is 1.06. The number of hydrogen-bond donors (Lipinski definition) is 2. The number of rotatable bonds is 5. The minimum Gasteiger partial charge on any atom is -0.362 e. The van der Waals surface area contributed by atoms with Gasteiger partial charge in [0.05, 0.1) is 0 Å². The van der Waals surface area contributed by atoms with Crippen LogP contribution >= 0.6 is 39.9 Å². The topological polar surface area (TPSA) is 24.1 Å². The second-order valence-corrected chi connectivity index (χ2v) is 6.93. The molecule has 5 heteroatoms. The molecule has 0 atom stereocenters. The molecule has 0 aliphatic rings. The van der Waals surface area contributed by atoms with E-state index in [0.717, 1.165) is 23.1 Å². The van der Waals surface area contributed by atoms with Gasteiger partial charge in [-0.05, 0) is 67.2 Å². The van der Waals surface area contributed by atoms with Crippen molar-refractivity contribution < 1.29 is 0 Å². The third kappa shape index (κ3) is 5.69. The zero-order chi connectivity index (χ0) is 15.1. The zero-order valence-electron chi connectivity index (χ0n) is 11.7. The van der Waals surface area contributed by atoms with Crippen molar-refractivity contribution in [1.29, 1.82) is 0 Å². The normalized spacial score (nSPS) is 10.2. The third-order valence-electron chi connectivity index (χ3n) is 2.70. The highest BCUT2D eigenvalue weighted by Crippen LogP contribution is 2.29. The molecule has 0 aliphatic heterocycles. The highest BCUT2D eigenvalue weighted by Gasteiger charge is 2.00. The molecule has 0 heterocycles. The quantitative estimate of drug-likeness (QED) is 0.687. The maximum Gasteiger partial charge on any atom is 0.170 e. The van der Waals surface area contributed by atoms with E-state index in [1.165, 1.54) is 9.79 Å². The van der Waals surface area contributed by atoms with Crippen LogP contribution in [0.4, 0.5) is 5.69 Å². The van der Waals surface area contributed by atoms with Gasteiger partial charge in [0.2, 0.25) is 0 Å². The SMILES string of the molecule is CCCNC(=S)Nc1ccc(Sc2ccc(Br)cc2)cc1. The summed E-state index contributed by atoms with van der Waals surface area (Å²) in [5.41, 5.74) is 1.00. The molecule has 110 valence electrons. The molecule has 0 unspecified atom stereocenters. The van der Waals surface area contributed by atoms with Crippen LogP contribution in [0.1, 0.15) is 13.3 Å². The first-order valence-electron chi connectivity index (χ1n) is 6.75. The third-order valence-corrected chi connectivity index (χ3v) is 4.49. The van der Waals surface area contributed by atoms with Gasteiger partial charge in [-0.25, -0.2) is 0 Å². The molecule has 0 radical (unpaired) electrons. The molecule has 0 amide bonds. The van der Waals surface area contributed by atoms with Crippen molar-refractivity contribution >= 4 is 50.7 Å². The fourth-order valence-corrected chi connectivity index (χ4v) is 2.96. The van der Waals surface area contributed by atoms with E-state index in [1.54, 1.807) is 11.8 Å². The maximum atomic E-state index is 5.22. The van der Waals surface area contributed by atoms with Crippen LogP contribution < -0.4 is 10.6 Å². The van der Waals surface area contributed by atoms with Crippen molar-refractivity contribution in [3.8, 4) is 0 Å². The average Bonchev–Trinajstić information content (AvgIpc) is 2.49. The van der Waals surface area contributed by atoms with Crippen LogP contribution in [0, 0.1) is 0 Å². The fraction of sp³-hybridized carbons (Fsp3) is 0.188. The van der Waals surface area contributed by atoms with E-state index < -0.39 is 0 Å². The smallest absolute Gasteiger partial charge is 0.170 e. The van der Waals surface area contributed by atoms with Crippen LogP contribution in [-0.4, -0.2) is 11.7 Å². The summed E-state index contributed by atoms with van der Waals surface area (Å²) in [4.78, 5) is 2.43. The van der Waals surface area contributed by atoms with Crippen LogP contribution in [0.5, 0.6) is 0 Å². The van der Waals surface area contributed by atoms with Gasteiger partial charge in [-0.1, -0.05) is 34.6 Å². The molecule has 0 saturated heterocycles. The van der Waals surface area contributed by atoms with Gasteiger partial charge >= 0.3 is 0 Å². The van der Waals surface area contributed by atoms with E-state index in [2.05, 4.69) is 69.9 Å². The van der Waals surface area contributed by atoms with Gasteiger partial charge < -0.3 is 10.6 Å². The molecule has 2 aromatic carbocycles. The predicted molar refractivity (Wildman–Crippen MR) is 99.2 cm³/mol. The van der Waals surface area contributed by atoms with Gasteiger partial charge in [-0.2, -0.15) is 0 Å². The minimum atomic E-state index is 0.671. The molecule has 0 bridgehead atoms. The van der Waals surface area contributed by atoms with E-state index in [1.807, 2.05) is 12.1 Å². The molecular weight excluding hydrogens is 364 g/mol. The van der Waals surface area contributed by atoms with Crippen LogP contribution in [-0.2, 0) is 0 Å². The molecule has 0 fully saturated rings. The Morgan fingerprint density at radius 1 is 1.05 bits per heavy atom. The summed E-state index contributed by atoms with van der Waals surface area (Å²) < 4.78 is 1.10. The Bertz CT molecular complexity index is 582. The van der Waals surface area contributed by atoms with Crippen molar-refractivity contribution in [1.82, 2.24) is 5.32 Å². The van der Waals surface area contributed by atoms with E-state index >= 15 is 0 Å². The molecule has 2 rings (SSSR count). The predicted octanol–water partition coefficient (Wildman–Crippen LogP) is 5.30. The fourth-order valence-electron chi connectivity index (χ4n) is 1.66.